The number of carbonyl (C=O) groups is 7. The molecule has 0 bridgehead atoms. The number of aromatic nitrogens is 3. The van der Waals surface area contributed by atoms with E-state index in [0.29, 0.717) is 29.8 Å². The summed E-state index contributed by atoms with van der Waals surface area (Å²) in [5.41, 5.74) is 1.85. The van der Waals surface area contributed by atoms with Gasteiger partial charge in [0.1, 0.15) is 11.8 Å². The molecule has 6 amide bonds. The molecule has 58 heavy (non-hydrogen) atoms. The van der Waals surface area contributed by atoms with E-state index in [1.807, 2.05) is 0 Å². The van der Waals surface area contributed by atoms with Crippen molar-refractivity contribution in [1.29, 1.82) is 0 Å². The molecule has 7 rings (SSSR count). The first-order valence-corrected chi connectivity index (χ1v) is 18.2. The van der Waals surface area contributed by atoms with Gasteiger partial charge < -0.3 is 30.2 Å². The van der Waals surface area contributed by atoms with E-state index in [1.165, 1.54) is 64.8 Å². The lowest BCUT2D eigenvalue weighted by Crippen LogP contribution is -2.54. The highest BCUT2D eigenvalue weighted by atomic mass is 19.1. The van der Waals surface area contributed by atoms with E-state index in [1.54, 1.807) is 25.4 Å². The number of halogens is 1. The van der Waals surface area contributed by atoms with Crippen LogP contribution in [-0.4, -0.2) is 91.2 Å². The molecular weight excluding hydrogens is 755 g/mol. The average Bonchev–Trinajstić information content (AvgIpc) is 3.88. The highest BCUT2D eigenvalue weighted by molar-refractivity contribution is 6.25. The Labute approximate surface area is 329 Å². The minimum Gasteiger partial charge on any atom is -0.484 e. The van der Waals surface area contributed by atoms with Crippen LogP contribution in [-0.2, 0) is 28.0 Å². The zero-order valence-corrected chi connectivity index (χ0v) is 31.3. The SMILES string of the molecule is CC(=O)c1cc(C(=O)Nc2cc(CO)cc(-c3cnn(C)c3)c2F)c2cc(OCC(=O)NCCCNc3cccc4c3C(=O)N(C3CCC(=O)NC3=O)C4=O)ccn12. The largest absolute Gasteiger partial charge is 0.484 e. The van der Waals surface area contributed by atoms with E-state index >= 15 is 4.39 Å². The van der Waals surface area contributed by atoms with Crippen molar-refractivity contribution < 1.29 is 47.8 Å². The molecule has 18 heteroatoms. The van der Waals surface area contributed by atoms with Gasteiger partial charge in [-0.1, -0.05) is 6.07 Å². The number of carbonyl (C=O) groups excluding carboxylic acids is 7. The van der Waals surface area contributed by atoms with Crippen molar-refractivity contribution in [2.75, 3.05) is 30.3 Å². The zero-order chi connectivity index (χ0) is 41.2. The molecule has 0 radical (unpaired) electrons. The lowest BCUT2D eigenvalue weighted by molar-refractivity contribution is -0.136. The lowest BCUT2D eigenvalue weighted by atomic mass is 10.0. The summed E-state index contributed by atoms with van der Waals surface area (Å²) in [7, 11) is 1.67. The number of amides is 6. The molecule has 298 valence electrons. The Morgan fingerprint density at radius 3 is 2.55 bits per heavy atom. The summed E-state index contributed by atoms with van der Waals surface area (Å²) >= 11 is 0. The molecule has 17 nitrogen and oxygen atoms in total. The van der Waals surface area contributed by atoms with Gasteiger partial charge in [0.15, 0.2) is 18.2 Å². The maximum absolute atomic E-state index is 15.7. The minimum absolute atomic E-state index is 0.0114. The van der Waals surface area contributed by atoms with Gasteiger partial charge in [0.25, 0.3) is 23.6 Å². The fraction of sp³-hybridized carbons (Fsp3) is 0.250. The van der Waals surface area contributed by atoms with E-state index in [9.17, 15) is 38.7 Å². The molecule has 1 unspecified atom stereocenters. The van der Waals surface area contributed by atoms with Crippen molar-refractivity contribution in [3.63, 3.8) is 0 Å². The summed E-state index contributed by atoms with van der Waals surface area (Å²) in [6.45, 7) is 1.06. The molecule has 1 fully saturated rings. The third-order valence-corrected chi connectivity index (χ3v) is 9.76. The Morgan fingerprint density at radius 2 is 1.83 bits per heavy atom. The van der Waals surface area contributed by atoms with Crippen LogP contribution in [0.25, 0.3) is 16.6 Å². The number of fused-ring (bicyclic) bond motifs is 2. The van der Waals surface area contributed by atoms with Crippen LogP contribution in [0.4, 0.5) is 15.8 Å². The number of ether oxygens (including phenoxy) is 1. The fourth-order valence-corrected chi connectivity index (χ4v) is 6.95. The van der Waals surface area contributed by atoms with Crippen LogP contribution >= 0.6 is 0 Å². The van der Waals surface area contributed by atoms with Crippen molar-refractivity contribution in [2.45, 2.75) is 38.8 Å². The number of hydrogen-bond donors (Lipinski definition) is 5. The number of hydrogen-bond acceptors (Lipinski definition) is 11. The second-order valence-corrected chi connectivity index (χ2v) is 13.7. The third-order valence-electron chi connectivity index (χ3n) is 9.76. The van der Waals surface area contributed by atoms with E-state index < -0.39 is 53.9 Å². The summed E-state index contributed by atoms with van der Waals surface area (Å²) in [4.78, 5) is 90.1. The van der Waals surface area contributed by atoms with E-state index in [2.05, 4.69) is 26.4 Å². The molecule has 5 N–H and O–H groups in total. The van der Waals surface area contributed by atoms with E-state index in [-0.39, 0.29) is 76.7 Å². The summed E-state index contributed by atoms with van der Waals surface area (Å²) in [6, 6.07) is 10.8. The minimum atomic E-state index is -1.08. The smallest absolute Gasteiger partial charge is 0.264 e. The molecule has 0 saturated carbocycles. The van der Waals surface area contributed by atoms with Gasteiger partial charge in [-0.05, 0) is 54.8 Å². The van der Waals surface area contributed by atoms with Crippen LogP contribution in [0.5, 0.6) is 5.75 Å². The van der Waals surface area contributed by atoms with Gasteiger partial charge in [0.05, 0.1) is 46.4 Å². The first-order valence-electron chi connectivity index (χ1n) is 18.2. The number of rotatable bonds is 14. The monoisotopic (exact) mass is 792 g/mol. The number of anilines is 2. The van der Waals surface area contributed by atoms with Gasteiger partial charge in [0, 0.05) is 68.8 Å². The first kappa shape index (κ1) is 39.0. The van der Waals surface area contributed by atoms with Gasteiger partial charge in [-0.25, -0.2) is 4.39 Å². The molecule has 2 aromatic carbocycles. The summed E-state index contributed by atoms with van der Waals surface area (Å²) in [5, 5.41) is 24.5. The number of piperidine rings is 1. The number of aliphatic hydroxyl groups excluding tert-OH is 1. The van der Waals surface area contributed by atoms with Gasteiger partial charge in [-0.15, -0.1) is 0 Å². The average molecular weight is 793 g/mol. The molecule has 5 aromatic rings. The van der Waals surface area contributed by atoms with Crippen LogP contribution in [0.1, 0.15) is 73.3 Å². The Hall–Kier alpha value is -7.21. The van der Waals surface area contributed by atoms with Crippen molar-refractivity contribution >= 4 is 58.1 Å². The number of ketones is 1. The van der Waals surface area contributed by atoms with Crippen LogP contribution in [0, 0.1) is 5.82 Å². The number of imide groups is 2. The number of nitrogens with one attached hydrogen (secondary N) is 4. The van der Waals surface area contributed by atoms with Crippen LogP contribution in [0.2, 0.25) is 0 Å². The Balaban J connectivity index is 0.959. The topological polar surface area (TPSA) is 223 Å². The van der Waals surface area contributed by atoms with Crippen LogP contribution in [0.15, 0.2) is 67.1 Å². The lowest BCUT2D eigenvalue weighted by Gasteiger charge is -2.27. The van der Waals surface area contributed by atoms with Crippen molar-refractivity contribution in [1.82, 2.24) is 29.7 Å². The number of Topliss-reactive ketones (excluding diaryl/α,β-unsaturated/α-hetero) is 1. The molecule has 3 aromatic heterocycles. The highest BCUT2D eigenvalue weighted by Crippen LogP contribution is 2.33. The zero-order valence-electron chi connectivity index (χ0n) is 31.3. The number of aryl methyl sites for hydroxylation is 1. The Kier molecular flexibility index (Phi) is 10.8. The van der Waals surface area contributed by atoms with Crippen LogP contribution < -0.4 is 26.0 Å². The van der Waals surface area contributed by atoms with E-state index in [4.69, 9.17) is 4.74 Å². The van der Waals surface area contributed by atoms with E-state index in [0.717, 1.165) is 4.90 Å². The molecule has 5 heterocycles. The number of benzene rings is 2. The first-order chi connectivity index (χ1) is 27.8. The molecule has 0 aliphatic carbocycles. The van der Waals surface area contributed by atoms with Gasteiger partial charge >= 0.3 is 0 Å². The molecular formula is C40H37FN8O9. The number of nitrogens with zero attached hydrogens (tertiary/aromatic N) is 4. The molecule has 1 saturated heterocycles. The summed E-state index contributed by atoms with van der Waals surface area (Å²) in [5.74, 6) is -4.47. The quantitative estimate of drug-likeness (QED) is 0.0625. The molecule has 1 atom stereocenters. The third kappa shape index (κ3) is 7.64. The maximum atomic E-state index is 15.7. The fourth-order valence-electron chi connectivity index (χ4n) is 6.95. The highest BCUT2D eigenvalue weighted by Gasteiger charge is 2.45. The van der Waals surface area contributed by atoms with Crippen molar-refractivity contribution in [2.24, 2.45) is 7.05 Å². The number of pyridine rings is 1. The molecule has 2 aliphatic rings. The van der Waals surface area contributed by atoms with Crippen LogP contribution in [0.3, 0.4) is 0 Å². The second-order valence-electron chi connectivity index (χ2n) is 13.7. The van der Waals surface area contributed by atoms with Crippen molar-refractivity contribution in [3.05, 3.63) is 101 Å². The molecule has 2 aliphatic heterocycles. The van der Waals surface area contributed by atoms with Gasteiger partial charge in [-0.3, -0.25) is 48.5 Å². The predicted molar refractivity (Wildman–Crippen MR) is 205 cm³/mol. The molecule has 0 spiro atoms. The summed E-state index contributed by atoms with van der Waals surface area (Å²) in [6.07, 6.45) is 5.04. The Morgan fingerprint density at radius 1 is 1.02 bits per heavy atom. The normalized spacial score (nSPS) is 15.0. The maximum Gasteiger partial charge on any atom is 0.264 e. The van der Waals surface area contributed by atoms with Crippen molar-refractivity contribution in [3.8, 4) is 16.9 Å². The Bertz CT molecular complexity index is 2540. The van der Waals surface area contributed by atoms with Gasteiger partial charge in [-0.2, -0.15) is 5.10 Å². The number of aliphatic hydroxyl groups is 1. The second kappa shape index (κ2) is 16.1. The predicted octanol–water partition coefficient (Wildman–Crippen LogP) is 2.82. The summed E-state index contributed by atoms with van der Waals surface area (Å²) < 4.78 is 24.4. The standard InChI is InChI=1S/C40H37FN8O9/c1-21(51)31-16-27(37(54)45-29-14-22(19-50)13-26(36(29)41)23-17-44-47(2)18-23)32-15-24(9-12-48(31)32)58-20-34(53)43-11-4-10-42-28-6-3-5-25-35(28)40(57)49(39(25)56)30-7-8-33(52)46-38(30)55/h3,5-6,9,12-18,30,42,50H,4,7-8,10-11,19-20H2,1-2H3,(H,43,53)(H,45,54)(H,46,52,55). The van der Waals surface area contributed by atoms with Gasteiger partial charge in [0.2, 0.25) is 11.8 Å².